The van der Waals surface area contributed by atoms with Crippen molar-refractivity contribution in [2.24, 2.45) is 5.92 Å². The summed E-state index contributed by atoms with van der Waals surface area (Å²) in [4.78, 5) is 12.2. The number of benzene rings is 1. The van der Waals surface area contributed by atoms with Crippen LogP contribution in [-0.2, 0) is 6.42 Å². The molecular formula is C13H15BrO2. The lowest BCUT2D eigenvalue weighted by Gasteiger charge is -2.11. The summed E-state index contributed by atoms with van der Waals surface area (Å²) in [7, 11) is 0. The van der Waals surface area contributed by atoms with Gasteiger partial charge in [-0.05, 0) is 24.1 Å². The number of ketones is 1. The van der Waals surface area contributed by atoms with Crippen molar-refractivity contribution in [2.45, 2.75) is 26.7 Å². The Bertz CT molecular complexity index is 426. The smallest absolute Gasteiger partial charge is 0.169 e. The molecule has 16 heavy (non-hydrogen) atoms. The summed E-state index contributed by atoms with van der Waals surface area (Å²) in [5, 5.41) is 0. The molecule has 1 unspecified atom stereocenters. The summed E-state index contributed by atoms with van der Waals surface area (Å²) < 4.78 is 6.52. The second kappa shape index (κ2) is 4.58. The largest absolute Gasteiger partial charge is 0.492 e. The lowest BCUT2D eigenvalue weighted by atomic mass is 9.95. The van der Waals surface area contributed by atoms with Crippen LogP contribution in [0.15, 0.2) is 16.6 Å². The van der Waals surface area contributed by atoms with Crippen LogP contribution in [-0.4, -0.2) is 12.4 Å². The Labute approximate surface area is 104 Å². The monoisotopic (exact) mass is 282 g/mol. The van der Waals surface area contributed by atoms with Crippen LogP contribution in [0, 0.1) is 5.92 Å². The molecule has 0 aliphatic carbocycles. The molecule has 0 aromatic heterocycles. The molecule has 1 aliphatic heterocycles. The van der Waals surface area contributed by atoms with E-state index in [9.17, 15) is 4.79 Å². The lowest BCUT2D eigenvalue weighted by molar-refractivity contribution is 0.0924. The third-order valence-electron chi connectivity index (χ3n) is 3.07. The van der Waals surface area contributed by atoms with Crippen molar-refractivity contribution in [3.05, 3.63) is 27.7 Å². The Morgan fingerprint density at radius 2 is 2.31 bits per heavy atom. The van der Waals surface area contributed by atoms with E-state index in [1.807, 2.05) is 26.0 Å². The second-order valence-electron chi connectivity index (χ2n) is 4.21. The van der Waals surface area contributed by atoms with Gasteiger partial charge in [0.25, 0.3) is 0 Å². The number of carbonyl (C=O) groups excluding carboxylic acids is 1. The SMILES string of the molecule is CCC(C)C(=O)c1cc(Br)cc2c1OCC2. The molecule has 0 radical (unpaired) electrons. The van der Waals surface area contributed by atoms with Gasteiger partial charge in [-0.2, -0.15) is 0 Å². The van der Waals surface area contributed by atoms with E-state index in [0.29, 0.717) is 6.61 Å². The summed E-state index contributed by atoms with van der Waals surface area (Å²) in [6.07, 6.45) is 1.76. The highest BCUT2D eigenvalue weighted by molar-refractivity contribution is 9.10. The van der Waals surface area contributed by atoms with Crippen LogP contribution in [0.2, 0.25) is 0 Å². The topological polar surface area (TPSA) is 26.3 Å². The summed E-state index contributed by atoms with van der Waals surface area (Å²) in [6, 6.07) is 3.91. The number of hydrogen-bond donors (Lipinski definition) is 0. The molecule has 3 heteroatoms. The van der Waals surface area contributed by atoms with E-state index in [1.165, 1.54) is 0 Å². The third kappa shape index (κ3) is 2.01. The van der Waals surface area contributed by atoms with Crippen LogP contribution >= 0.6 is 15.9 Å². The molecule has 1 aromatic carbocycles. The van der Waals surface area contributed by atoms with Crippen molar-refractivity contribution in [2.75, 3.05) is 6.61 Å². The van der Waals surface area contributed by atoms with E-state index in [-0.39, 0.29) is 11.7 Å². The van der Waals surface area contributed by atoms with E-state index < -0.39 is 0 Å². The molecule has 1 aliphatic rings. The zero-order valence-electron chi connectivity index (χ0n) is 9.55. The maximum Gasteiger partial charge on any atom is 0.169 e. The van der Waals surface area contributed by atoms with Gasteiger partial charge in [-0.1, -0.05) is 29.8 Å². The Morgan fingerprint density at radius 1 is 1.56 bits per heavy atom. The molecule has 0 fully saturated rings. The Kier molecular flexibility index (Phi) is 3.33. The Hall–Kier alpha value is -0.830. The van der Waals surface area contributed by atoms with E-state index in [1.54, 1.807) is 0 Å². The van der Waals surface area contributed by atoms with Crippen LogP contribution < -0.4 is 4.74 Å². The zero-order chi connectivity index (χ0) is 11.7. The van der Waals surface area contributed by atoms with E-state index in [0.717, 1.165) is 34.2 Å². The number of rotatable bonds is 3. The van der Waals surface area contributed by atoms with Crippen molar-refractivity contribution in [3.8, 4) is 5.75 Å². The van der Waals surface area contributed by atoms with Gasteiger partial charge in [0.15, 0.2) is 5.78 Å². The van der Waals surface area contributed by atoms with Gasteiger partial charge in [0.1, 0.15) is 5.75 Å². The van der Waals surface area contributed by atoms with Crippen LogP contribution in [0.1, 0.15) is 36.2 Å². The average molecular weight is 283 g/mol. The highest BCUT2D eigenvalue weighted by Crippen LogP contribution is 2.34. The first kappa shape index (κ1) is 11.6. The molecule has 0 saturated carbocycles. The molecule has 0 amide bonds. The standard InChI is InChI=1S/C13H15BrO2/c1-3-8(2)12(15)11-7-10(14)6-9-4-5-16-13(9)11/h6-8H,3-5H2,1-2H3. The van der Waals surface area contributed by atoms with Crippen molar-refractivity contribution >= 4 is 21.7 Å². The minimum absolute atomic E-state index is 0.0580. The van der Waals surface area contributed by atoms with Gasteiger partial charge in [-0.15, -0.1) is 0 Å². The van der Waals surface area contributed by atoms with Gasteiger partial charge < -0.3 is 4.74 Å². The second-order valence-corrected chi connectivity index (χ2v) is 5.13. The quantitative estimate of drug-likeness (QED) is 0.792. The Morgan fingerprint density at radius 3 is 3.00 bits per heavy atom. The van der Waals surface area contributed by atoms with Gasteiger partial charge in [-0.3, -0.25) is 4.79 Å². The van der Waals surface area contributed by atoms with Crippen LogP contribution in [0.3, 0.4) is 0 Å². The normalized spacial score (nSPS) is 15.4. The van der Waals surface area contributed by atoms with Crippen LogP contribution in [0.4, 0.5) is 0 Å². The number of Topliss-reactive ketones (excluding diaryl/α,β-unsaturated/α-hetero) is 1. The number of hydrogen-bond acceptors (Lipinski definition) is 2. The first-order valence-corrected chi connectivity index (χ1v) is 6.42. The summed E-state index contributed by atoms with van der Waals surface area (Å²) in [6.45, 7) is 4.68. The highest BCUT2D eigenvalue weighted by atomic mass is 79.9. The maximum absolute atomic E-state index is 12.2. The van der Waals surface area contributed by atoms with Crippen LogP contribution in [0.25, 0.3) is 0 Å². The summed E-state index contributed by atoms with van der Waals surface area (Å²) in [5.74, 6) is 1.04. The number of halogens is 1. The van der Waals surface area contributed by atoms with Crippen LogP contribution in [0.5, 0.6) is 5.75 Å². The molecule has 1 aromatic rings. The van der Waals surface area contributed by atoms with Gasteiger partial charge >= 0.3 is 0 Å². The van der Waals surface area contributed by atoms with Crippen molar-refractivity contribution in [3.63, 3.8) is 0 Å². The molecular weight excluding hydrogens is 268 g/mol. The lowest BCUT2D eigenvalue weighted by Crippen LogP contribution is -2.11. The molecule has 1 atom stereocenters. The van der Waals surface area contributed by atoms with Crippen molar-refractivity contribution in [1.82, 2.24) is 0 Å². The first-order valence-electron chi connectivity index (χ1n) is 5.63. The van der Waals surface area contributed by atoms with Crippen molar-refractivity contribution < 1.29 is 9.53 Å². The summed E-state index contributed by atoms with van der Waals surface area (Å²) in [5.41, 5.74) is 1.87. The molecule has 2 rings (SSSR count). The predicted molar refractivity (Wildman–Crippen MR) is 67.1 cm³/mol. The first-order chi connectivity index (χ1) is 7.63. The maximum atomic E-state index is 12.2. The molecule has 1 heterocycles. The fraction of sp³-hybridized carbons (Fsp3) is 0.462. The fourth-order valence-corrected chi connectivity index (χ4v) is 2.41. The van der Waals surface area contributed by atoms with Gasteiger partial charge in [0.05, 0.1) is 12.2 Å². The predicted octanol–water partition coefficient (Wildman–Crippen LogP) is 3.61. The molecule has 0 bridgehead atoms. The Balaban J connectivity index is 2.44. The number of carbonyl (C=O) groups is 1. The van der Waals surface area contributed by atoms with E-state index in [2.05, 4.69) is 15.9 Å². The highest BCUT2D eigenvalue weighted by Gasteiger charge is 2.24. The third-order valence-corrected chi connectivity index (χ3v) is 3.53. The molecule has 86 valence electrons. The minimum atomic E-state index is 0.0580. The summed E-state index contributed by atoms with van der Waals surface area (Å²) >= 11 is 3.45. The molecule has 0 N–H and O–H groups in total. The van der Waals surface area contributed by atoms with E-state index >= 15 is 0 Å². The number of ether oxygens (including phenoxy) is 1. The zero-order valence-corrected chi connectivity index (χ0v) is 11.1. The molecule has 0 saturated heterocycles. The number of fused-ring (bicyclic) bond motifs is 1. The van der Waals surface area contributed by atoms with Gasteiger partial charge in [0, 0.05) is 16.8 Å². The fourth-order valence-electron chi connectivity index (χ4n) is 1.90. The van der Waals surface area contributed by atoms with E-state index in [4.69, 9.17) is 4.74 Å². The molecule has 2 nitrogen and oxygen atoms in total. The molecule has 0 spiro atoms. The van der Waals surface area contributed by atoms with Gasteiger partial charge in [0.2, 0.25) is 0 Å². The average Bonchev–Trinajstić information content (AvgIpc) is 2.73. The minimum Gasteiger partial charge on any atom is -0.492 e. The van der Waals surface area contributed by atoms with Crippen molar-refractivity contribution in [1.29, 1.82) is 0 Å². The van der Waals surface area contributed by atoms with Gasteiger partial charge in [-0.25, -0.2) is 0 Å².